The van der Waals surface area contributed by atoms with Crippen LogP contribution >= 0.6 is 23.4 Å². The highest BCUT2D eigenvalue weighted by atomic mass is 35.5. The van der Waals surface area contributed by atoms with Crippen LogP contribution < -0.4 is 14.8 Å². The number of nitrogens with one attached hydrogen (secondary N) is 1. The van der Waals surface area contributed by atoms with Gasteiger partial charge in [0.05, 0.1) is 17.9 Å². The number of aromatic nitrogens is 1. The first-order valence-corrected chi connectivity index (χ1v) is 7.41. The van der Waals surface area contributed by atoms with Crippen molar-refractivity contribution in [3.8, 4) is 5.75 Å². The largest absolute Gasteiger partial charge is 0.618 e. The molecule has 0 saturated carbocycles. The van der Waals surface area contributed by atoms with Crippen LogP contribution in [0.4, 0.5) is 5.69 Å². The number of amides is 1. The first-order valence-electron chi connectivity index (χ1n) is 6.04. The molecule has 1 amide bonds. The number of anilines is 1. The van der Waals surface area contributed by atoms with Gasteiger partial charge in [0.1, 0.15) is 5.75 Å². The van der Waals surface area contributed by atoms with Gasteiger partial charge in [-0.1, -0.05) is 11.6 Å². The van der Waals surface area contributed by atoms with E-state index in [-0.39, 0.29) is 11.7 Å². The SMILES string of the molecule is COc1ccc(NC(=O)CSc2cccc[n+]2[O-])cc1Cl. The first kappa shape index (κ1) is 15.5. The first-order chi connectivity index (χ1) is 10.1. The zero-order valence-electron chi connectivity index (χ0n) is 11.2. The van der Waals surface area contributed by atoms with Gasteiger partial charge in [-0.15, -0.1) is 0 Å². The van der Waals surface area contributed by atoms with Crippen molar-refractivity contribution < 1.29 is 14.3 Å². The van der Waals surface area contributed by atoms with Gasteiger partial charge in [0.2, 0.25) is 5.91 Å². The zero-order chi connectivity index (χ0) is 15.2. The van der Waals surface area contributed by atoms with Gasteiger partial charge in [-0.05, 0) is 36.0 Å². The van der Waals surface area contributed by atoms with Crippen molar-refractivity contribution in [1.29, 1.82) is 0 Å². The molecule has 1 aromatic heterocycles. The fourth-order valence-corrected chi connectivity index (χ4v) is 2.58. The maximum absolute atomic E-state index is 11.8. The Morgan fingerprint density at radius 3 is 2.90 bits per heavy atom. The molecule has 0 radical (unpaired) electrons. The summed E-state index contributed by atoms with van der Waals surface area (Å²) in [6.45, 7) is 0. The average Bonchev–Trinajstić information content (AvgIpc) is 2.46. The van der Waals surface area contributed by atoms with Crippen molar-refractivity contribution in [3.63, 3.8) is 0 Å². The van der Waals surface area contributed by atoms with Gasteiger partial charge in [0, 0.05) is 17.8 Å². The van der Waals surface area contributed by atoms with Gasteiger partial charge in [0.15, 0.2) is 6.20 Å². The molecule has 2 rings (SSSR count). The van der Waals surface area contributed by atoms with E-state index in [0.29, 0.717) is 21.5 Å². The lowest BCUT2D eigenvalue weighted by Gasteiger charge is -2.08. The third-order valence-corrected chi connectivity index (χ3v) is 3.89. The highest BCUT2D eigenvalue weighted by molar-refractivity contribution is 7.99. The molecular formula is C14H13ClN2O3S. The fourth-order valence-electron chi connectivity index (χ4n) is 1.61. The Kier molecular flexibility index (Phi) is 5.30. The number of carbonyl (C=O) groups is 1. The summed E-state index contributed by atoms with van der Waals surface area (Å²) in [6, 6.07) is 10.0. The van der Waals surface area contributed by atoms with E-state index < -0.39 is 0 Å². The fraction of sp³-hybridized carbons (Fsp3) is 0.143. The predicted octanol–water partition coefficient (Wildman–Crippen LogP) is 2.71. The number of thioether (sulfide) groups is 1. The molecule has 7 heteroatoms. The summed E-state index contributed by atoms with van der Waals surface area (Å²) in [4.78, 5) is 11.8. The Balaban J connectivity index is 1.93. The molecule has 1 heterocycles. The number of methoxy groups -OCH3 is 1. The van der Waals surface area contributed by atoms with E-state index in [1.807, 2.05) is 0 Å². The van der Waals surface area contributed by atoms with E-state index >= 15 is 0 Å². The number of halogens is 1. The lowest BCUT2D eigenvalue weighted by atomic mass is 10.3. The number of carbonyl (C=O) groups excluding carboxylic acids is 1. The van der Waals surface area contributed by atoms with Gasteiger partial charge >= 0.3 is 0 Å². The highest BCUT2D eigenvalue weighted by Crippen LogP contribution is 2.27. The van der Waals surface area contributed by atoms with E-state index in [2.05, 4.69) is 5.32 Å². The average molecular weight is 325 g/mol. The summed E-state index contributed by atoms with van der Waals surface area (Å²) < 4.78 is 5.76. The number of hydrogen-bond donors (Lipinski definition) is 1. The van der Waals surface area contributed by atoms with Crippen LogP contribution in [0.15, 0.2) is 47.6 Å². The Labute approximate surface area is 131 Å². The second-order valence-electron chi connectivity index (χ2n) is 4.05. The number of nitrogens with zero attached hydrogens (tertiary/aromatic N) is 1. The second kappa shape index (κ2) is 7.19. The van der Waals surface area contributed by atoms with Crippen molar-refractivity contribution in [2.24, 2.45) is 0 Å². The van der Waals surface area contributed by atoms with Crippen LogP contribution in [0.5, 0.6) is 5.75 Å². The van der Waals surface area contributed by atoms with E-state index in [1.54, 1.807) is 36.4 Å². The maximum Gasteiger partial charge on any atom is 0.251 e. The van der Waals surface area contributed by atoms with Crippen molar-refractivity contribution in [1.82, 2.24) is 0 Å². The lowest BCUT2D eigenvalue weighted by Crippen LogP contribution is -2.28. The zero-order valence-corrected chi connectivity index (χ0v) is 12.8. The number of rotatable bonds is 5. The van der Waals surface area contributed by atoms with Gasteiger partial charge in [-0.2, -0.15) is 4.73 Å². The maximum atomic E-state index is 11.8. The molecule has 0 aliphatic rings. The molecule has 0 fully saturated rings. The molecule has 21 heavy (non-hydrogen) atoms. The van der Waals surface area contributed by atoms with Gasteiger partial charge in [-0.25, -0.2) is 0 Å². The molecule has 0 saturated heterocycles. The topological polar surface area (TPSA) is 65.3 Å². The minimum absolute atomic E-state index is 0.135. The molecule has 0 aliphatic carbocycles. The van der Waals surface area contributed by atoms with Gasteiger partial charge < -0.3 is 15.3 Å². The van der Waals surface area contributed by atoms with Crippen LogP contribution in [0.1, 0.15) is 0 Å². The lowest BCUT2D eigenvalue weighted by molar-refractivity contribution is -0.645. The Bertz CT molecular complexity index is 652. The van der Waals surface area contributed by atoms with Crippen LogP contribution in [-0.4, -0.2) is 18.8 Å². The smallest absolute Gasteiger partial charge is 0.251 e. The molecule has 0 spiro atoms. The van der Waals surface area contributed by atoms with Crippen LogP contribution in [0.2, 0.25) is 5.02 Å². The number of pyridine rings is 1. The molecule has 1 N–H and O–H groups in total. The van der Waals surface area contributed by atoms with Crippen molar-refractivity contribution >= 4 is 35.0 Å². The molecule has 0 bridgehead atoms. The van der Waals surface area contributed by atoms with Crippen molar-refractivity contribution in [3.05, 3.63) is 52.8 Å². The normalized spacial score (nSPS) is 10.2. The third-order valence-electron chi connectivity index (χ3n) is 2.58. The summed E-state index contributed by atoms with van der Waals surface area (Å²) >= 11 is 7.15. The van der Waals surface area contributed by atoms with Gasteiger partial charge in [-0.3, -0.25) is 4.79 Å². The van der Waals surface area contributed by atoms with Crippen LogP contribution in [0.3, 0.4) is 0 Å². The molecule has 0 aliphatic heterocycles. The number of hydrogen-bond acceptors (Lipinski definition) is 4. The monoisotopic (exact) mass is 324 g/mol. The molecule has 0 atom stereocenters. The molecule has 0 unspecified atom stereocenters. The van der Waals surface area contributed by atoms with Crippen LogP contribution in [0.25, 0.3) is 0 Å². The number of benzene rings is 1. The quantitative estimate of drug-likeness (QED) is 0.522. The molecular weight excluding hydrogens is 312 g/mol. The Hall–Kier alpha value is -1.92. The minimum Gasteiger partial charge on any atom is -0.618 e. The van der Waals surface area contributed by atoms with Crippen molar-refractivity contribution in [2.45, 2.75) is 5.03 Å². The van der Waals surface area contributed by atoms with E-state index in [1.165, 1.54) is 25.1 Å². The van der Waals surface area contributed by atoms with Gasteiger partial charge in [0.25, 0.3) is 5.03 Å². The predicted molar refractivity (Wildman–Crippen MR) is 82.8 cm³/mol. The summed E-state index contributed by atoms with van der Waals surface area (Å²) in [5.41, 5.74) is 0.578. The van der Waals surface area contributed by atoms with E-state index in [4.69, 9.17) is 16.3 Å². The summed E-state index contributed by atoms with van der Waals surface area (Å²) in [7, 11) is 1.52. The van der Waals surface area contributed by atoms with Crippen molar-refractivity contribution in [2.75, 3.05) is 18.2 Å². The molecule has 2 aromatic rings. The van der Waals surface area contributed by atoms with E-state index in [9.17, 15) is 10.0 Å². The number of ether oxygens (including phenoxy) is 1. The Morgan fingerprint density at radius 2 is 2.24 bits per heavy atom. The minimum atomic E-state index is -0.218. The summed E-state index contributed by atoms with van der Waals surface area (Å²) in [5.74, 6) is 0.460. The summed E-state index contributed by atoms with van der Waals surface area (Å²) in [5, 5.41) is 15.0. The summed E-state index contributed by atoms with van der Waals surface area (Å²) in [6.07, 6.45) is 1.39. The Morgan fingerprint density at radius 1 is 1.43 bits per heavy atom. The third kappa shape index (κ3) is 4.27. The molecule has 5 nitrogen and oxygen atoms in total. The highest BCUT2D eigenvalue weighted by Gasteiger charge is 2.10. The van der Waals surface area contributed by atoms with Crippen LogP contribution in [0, 0.1) is 5.21 Å². The standard InChI is InChI=1S/C14H13ClN2O3S/c1-20-12-6-5-10(8-11(12)15)16-13(18)9-21-14-4-2-3-7-17(14)19/h2-8H,9H2,1H3,(H,16,18). The molecule has 1 aromatic carbocycles. The van der Waals surface area contributed by atoms with E-state index in [0.717, 1.165) is 4.73 Å². The molecule has 110 valence electrons. The van der Waals surface area contributed by atoms with Crippen LogP contribution in [-0.2, 0) is 4.79 Å². The second-order valence-corrected chi connectivity index (χ2v) is 5.45.